The summed E-state index contributed by atoms with van der Waals surface area (Å²) < 4.78 is 28.2. The van der Waals surface area contributed by atoms with E-state index in [0.29, 0.717) is 31.9 Å². The molecular weight excluding hydrogens is 294 g/mol. The lowest BCUT2D eigenvalue weighted by Gasteiger charge is -2.40. The number of carbonyl (C=O) groups is 1. The predicted molar refractivity (Wildman–Crippen MR) is 76.9 cm³/mol. The van der Waals surface area contributed by atoms with Crippen LogP contribution < -0.4 is 0 Å². The molecule has 1 atom stereocenters. The molecule has 1 aromatic carbocycles. The van der Waals surface area contributed by atoms with Crippen molar-refractivity contribution < 1.29 is 23.1 Å². The Morgan fingerprint density at radius 3 is 2.19 bits per heavy atom. The number of hydrogen-bond donors (Lipinski definition) is 1. The lowest BCUT2D eigenvalue weighted by Crippen LogP contribution is -2.54. The molecule has 1 N–H and O–H groups in total. The van der Waals surface area contributed by atoms with Crippen molar-refractivity contribution in [2.45, 2.75) is 17.4 Å². The summed E-state index contributed by atoms with van der Waals surface area (Å²) in [5.74, 6) is -0.962. The molecule has 1 saturated heterocycles. The molecule has 0 radical (unpaired) electrons. The average molecular weight is 313 g/mol. The summed E-state index contributed by atoms with van der Waals surface area (Å²) in [6, 6.07) is 6.04. The van der Waals surface area contributed by atoms with E-state index in [9.17, 15) is 18.3 Å². The van der Waals surface area contributed by atoms with Crippen LogP contribution in [-0.4, -0.2) is 57.0 Å². The van der Waals surface area contributed by atoms with E-state index in [1.165, 1.54) is 12.1 Å². The first-order valence-corrected chi connectivity index (χ1v) is 8.52. The molecule has 0 bridgehead atoms. The van der Waals surface area contributed by atoms with Gasteiger partial charge in [-0.25, -0.2) is 13.2 Å². The van der Waals surface area contributed by atoms with Gasteiger partial charge in [-0.2, -0.15) is 0 Å². The van der Waals surface area contributed by atoms with Crippen LogP contribution in [0.3, 0.4) is 0 Å². The number of benzene rings is 1. The molecular formula is C14H19NO5S. The number of morpholine rings is 1. The molecule has 1 aliphatic heterocycles. The Morgan fingerprint density at radius 1 is 1.24 bits per heavy atom. The lowest BCUT2D eigenvalue weighted by molar-refractivity contribution is -0.154. The van der Waals surface area contributed by atoms with E-state index in [0.717, 1.165) is 6.26 Å². The highest BCUT2D eigenvalue weighted by molar-refractivity contribution is 7.90. The molecule has 1 aromatic rings. The first-order chi connectivity index (χ1) is 9.76. The van der Waals surface area contributed by atoms with Crippen LogP contribution in [0.2, 0.25) is 0 Å². The fourth-order valence-corrected chi connectivity index (χ4v) is 3.11. The second kappa shape index (κ2) is 5.75. The average Bonchev–Trinajstić information content (AvgIpc) is 2.46. The predicted octanol–water partition coefficient (Wildman–Crippen LogP) is 0.722. The number of aliphatic carboxylic acids is 1. The molecule has 0 spiro atoms. The highest BCUT2D eigenvalue weighted by Crippen LogP contribution is 2.30. The van der Waals surface area contributed by atoms with Gasteiger partial charge in [0.05, 0.1) is 18.1 Å². The molecule has 1 fully saturated rings. The molecule has 1 aliphatic rings. The van der Waals surface area contributed by atoms with E-state index in [1.54, 1.807) is 19.1 Å². The summed E-state index contributed by atoms with van der Waals surface area (Å²) in [6.45, 7) is 3.66. The second-order valence-corrected chi connectivity index (χ2v) is 7.29. The van der Waals surface area contributed by atoms with Crippen molar-refractivity contribution in [3.05, 3.63) is 29.8 Å². The molecule has 1 unspecified atom stereocenters. The van der Waals surface area contributed by atoms with Gasteiger partial charge in [-0.3, -0.25) is 4.90 Å². The van der Waals surface area contributed by atoms with Gasteiger partial charge in [-0.1, -0.05) is 12.1 Å². The number of nitrogens with zero attached hydrogens (tertiary/aromatic N) is 1. The van der Waals surface area contributed by atoms with Crippen LogP contribution in [0.5, 0.6) is 0 Å². The third-order valence-corrected chi connectivity index (χ3v) is 5.03. The minimum Gasteiger partial charge on any atom is -0.480 e. The van der Waals surface area contributed by atoms with E-state index in [1.807, 2.05) is 4.90 Å². The standard InChI is InChI=1S/C14H19NO5S/c1-14(13(16)17,15-7-9-20-10-8-15)11-3-5-12(6-4-11)21(2,18)19/h3-6H,7-10H2,1-2H3,(H,16,17). The fraction of sp³-hybridized carbons (Fsp3) is 0.500. The molecule has 7 heteroatoms. The normalized spacial score (nSPS) is 19.9. The Balaban J connectivity index is 2.40. The maximum atomic E-state index is 11.8. The first kappa shape index (κ1) is 15.9. The van der Waals surface area contributed by atoms with Gasteiger partial charge < -0.3 is 9.84 Å². The van der Waals surface area contributed by atoms with E-state index < -0.39 is 21.3 Å². The molecule has 0 aliphatic carbocycles. The zero-order valence-electron chi connectivity index (χ0n) is 12.1. The Labute approximate surface area is 124 Å². The van der Waals surface area contributed by atoms with Crippen LogP contribution in [-0.2, 0) is 24.9 Å². The summed E-state index contributed by atoms with van der Waals surface area (Å²) in [7, 11) is -3.29. The van der Waals surface area contributed by atoms with Crippen LogP contribution in [0.25, 0.3) is 0 Å². The zero-order chi connectivity index (χ0) is 15.7. The Hall–Kier alpha value is -1.44. The SMILES string of the molecule is CC(C(=O)O)(c1ccc(S(C)(=O)=O)cc1)N1CCOCC1. The summed E-state index contributed by atoms with van der Waals surface area (Å²) in [5.41, 5.74) is -0.635. The summed E-state index contributed by atoms with van der Waals surface area (Å²) in [5, 5.41) is 9.67. The van der Waals surface area contributed by atoms with Crippen LogP contribution in [0.1, 0.15) is 12.5 Å². The summed E-state index contributed by atoms with van der Waals surface area (Å²) in [6.07, 6.45) is 1.13. The molecule has 0 saturated carbocycles. The molecule has 1 heterocycles. The van der Waals surface area contributed by atoms with E-state index in [4.69, 9.17) is 4.74 Å². The van der Waals surface area contributed by atoms with Gasteiger partial charge in [-0.15, -0.1) is 0 Å². The van der Waals surface area contributed by atoms with Crippen molar-refractivity contribution in [3.8, 4) is 0 Å². The van der Waals surface area contributed by atoms with Crippen LogP contribution in [0.4, 0.5) is 0 Å². The number of carboxylic acid groups (broad SMARTS) is 1. The molecule has 21 heavy (non-hydrogen) atoms. The largest absolute Gasteiger partial charge is 0.480 e. The van der Waals surface area contributed by atoms with Crippen LogP contribution >= 0.6 is 0 Å². The number of carboxylic acids is 1. The van der Waals surface area contributed by atoms with E-state index in [-0.39, 0.29) is 4.90 Å². The van der Waals surface area contributed by atoms with Gasteiger partial charge >= 0.3 is 5.97 Å². The maximum Gasteiger partial charge on any atom is 0.328 e. The van der Waals surface area contributed by atoms with Crippen molar-refractivity contribution in [1.82, 2.24) is 4.90 Å². The Morgan fingerprint density at radius 2 is 1.76 bits per heavy atom. The van der Waals surface area contributed by atoms with Gasteiger partial charge in [0, 0.05) is 19.3 Å². The van der Waals surface area contributed by atoms with Gasteiger partial charge in [0.25, 0.3) is 0 Å². The molecule has 0 aromatic heterocycles. The molecule has 0 amide bonds. The van der Waals surface area contributed by atoms with Crippen molar-refractivity contribution in [2.24, 2.45) is 0 Å². The van der Waals surface area contributed by atoms with Crippen molar-refractivity contribution in [2.75, 3.05) is 32.6 Å². The number of hydrogen-bond acceptors (Lipinski definition) is 5. The van der Waals surface area contributed by atoms with Gasteiger partial charge in [0.1, 0.15) is 5.54 Å². The smallest absolute Gasteiger partial charge is 0.328 e. The quantitative estimate of drug-likeness (QED) is 0.882. The maximum absolute atomic E-state index is 11.8. The second-order valence-electron chi connectivity index (χ2n) is 5.27. The Kier molecular flexibility index (Phi) is 4.36. The summed E-state index contributed by atoms with van der Waals surface area (Å²) >= 11 is 0. The van der Waals surface area contributed by atoms with Gasteiger partial charge in [-0.05, 0) is 24.6 Å². The van der Waals surface area contributed by atoms with Crippen molar-refractivity contribution in [3.63, 3.8) is 0 Å². The van der Waals surface area contributed by atoms with E-state index >= 15 is 0 Å². The lowest BCUT2D eigenvalue weighted by atomic mass is 9.89. The first-order valence-electron chi connectivity index (χ1n) is 6.63. The third-order valence-electron chi connectivity index (χ3n) is 3.90. The summed E-state index contributed by atoms with van der Waals surface area (Å²) in [4.78, 5) is 13.8. The van der Waals surface area contributed by atoms with Crippen molar-refractivity contribution in [1.29, 1.82) is 0 Å². The zero-order valence-corrected chi connectivity index (χ0v) is 12.9. The third kappa shape index (κ3) is 3.09. The van der Waals surface area contributed by atoms with Crippen molar-refractivity contribution >= 4 is 15.8 Å². The van der Waals surface area contributed by atoms with Crippen LogP contribution in [0, 0.1) is 0 Å². The number of rotatable bonds is 4. The molecule has 116 valence electrons. The molecule has 6 nitrogen and oxygen atoms in total. The fourth-order valence-electron chi connectivity index (χ4n) is 2.48. The van der Waals surface area contributed by atoms with E-state index in [2.05, 4.69) is 0 Å². The minimum atomic E-state index is -3.29. The highest BCUT2D eigenvalue weighted by atomic mass is 32.2. The topological polar surface area (TPSA) is 83.9 Å². The van der Waals surface area contributed by atoms with Gasteiger partial charge in [0.2, 0.25) is 0 Å². The highest BCUT2D eigenvalue weighted by Gasteiger charge is 2.42. The molecule has 2 rings (SSSR count). The van der Waals surface area contributed by atoms with Crippen LogP contribution in [0.15, 0.2) is 29.2 Å². The van der Waals surface area contributed by atoms with Gasteiger partial charge in [0.15, 0.2) is 9.84 Å². The Bertz CT molecular complexity index is 619. The minimum absolute atomic E-state index is 0.181. The monoisotopic (exact) mass is 313 g/mol. The number of sulfone groups is 1. The number of ether oxygens (including phenoxy) is 1.